The zero-order chi connectivity index (χ0) is 21.1. The van der Waals surface area contributed by atoms with Gasteiger partial charge in [-0.3, -0.25) is 9.69 Å². The highest BCUT2D eigenvalue weighted by Crippen LogP contribution is 2.23. The number of imidazole rings is 1. The summed E-state index contributed by atoms with van der Waals surface area (Å²) in [5.74, 6) is 2.39. The minimum absolute atomic E-state index is 0.0255. The molecule has 158 valence electrons. The van der Waals surface area contributed by atoms with E-state index in [1.54, 1.807) is 0 Å². The van der Waals surface area contributed by atoms with Crippen LogP contribution in [0, 0.1) is 12.8 Å². The van der Waals surface area contributed by atoms with Gasteiger partial charge >= 0.3 is 0 Å². The second kappa shape index (κ2) is 8.88. The van der Waals surface area contributed by atoms with Gasteiger partial charge in [0.15, 0.2) is 6.61 Å². The van der Waals surface area contributed by atoms with Crippen LogP contribution in [0.4, 0.5) is 5.69 Å². The number of ether oxygens (including phenoxy) is 1. The van der Waals surface area contributed by atoms with Gasteiger partial charge in [0.2, 0.25) is 0 Å². The summed E-state index contributed by atoms with van der Waals surface area (Å²) in [6, 6.07) is 13.5. The molecule has 0 spiro atoms. The average molecular weight is 407 g/mol. The monoisotopic (exact) mass is 406 g/mol. The number of aromatic nitrogens is 2. The minimum Gasteiger partial charge on any atom is -0.484 e. The number of hydrogen-bond donors (Lipinski definition) is 1. The van der Waals surface area contributed by atoms with Crippen molar-refractivity contribution < 1.29 is 9.53 Å². The highest BCUT2D eigenvalue weighted by atomic mass is 16.5. The molecule has 6 nitrogen and oxygen atoms in total. The zero-order valence-corrected chi connectivity index (χ0v) is 18.0. The van der Waals surface area contributed by atoms with E-state index in [1.165, 1.54) is 12.8 Å². The Bertz CT molecular complexity index is 1030. The number of hydrogen-bond acceptors (Lipinski definition) is 4. The number of aryl methyl sites for hydroxylation is 2. The number of nitrogens with zero attached hydrogens (tertiary/aromatic N) is 3. The van der Waals surface area contributed by atoms with Crippen molar-refractivity contribution in [1.82, 2.24) is 14.5 Å². The van der Waals surface area contributed by atoms with Gasteiger partial charge in [-0.2, -0.15) is 0 Å². The van der Waals surface area contributed by atoms with Crippen LogP contribution in [0.25, 0.3) is 11.0 Å². The molecule has 1 saturated heterocycles. The summed E-state index contributed by atoms with van der Waals surface area (Å²) in [6.07, 6.45) is 2.51. The van der Waals surface area contributed by atoms with Gasteiger partial charge in [0, 0.05) is 12.7 Å². The van der Waals surface area contributed by atoms with E-state index in [0.717, 1.165) is 53.7 Å². The number of fused-ring (bicyclic) bond motifs is 1. The molecule has 1 fully saturated rings. The number of carbonyl (C=O) groups is 1. The van der Waals surface area contributed by atoms with Gasteiger partial charge < -0.3 is 14.6 Å². The number of carbonyl (C=O) groups excluding carboxylic acids is 1. The number of piperidine rings is 1. The standard InChI is InChI=1S/C24H30N4O2/c1-17-9-11-28(12-10-17)15-23-26-21-14-19(7-8-22(21)27(23)3)25-24(29)16-30-20-6-4-5-18(2)13-20/h4-8,13-14,17H,9-12,15-16H2,1-3H3,(H,25,29). The van der Waals surface area contributed by atoms with E-state index in [2.05, 4.69) is 28.8 Å². The molecule has 0 unspecified atom stereocenters. The van der Waals surface area contributed by atoms with Crippen molar-refractivity contribution in [3.8, 4) is 5.75 Å². The van der Waals surface area contributed by atoms with E-state index >= 15 is 0 Å². The second-order valence-corrected chi connectivity index (χ2v) is 8.40. The molecule has 1 aromatic heterocycles. The lowest BCUT2D eigenvalue weighted by atomic mass is 9.99. The van der Waals surface area contributed by atoms with Crippen molar-refractivity contribution >= 4 is 22.6 Å². The summed E-state index contributed by atoms with van der Waals surface area (Å²) in [6.45, 7) is 7.43. The van der Waals surface area contributed by atoms with Crippen LogP contribution in [0.3, 0.4) is 0 Å². The Morgan fingerprint density at radius 2 is 2.00 bits per heavy atom. The quantitative estimate of drug-likeness (QED) is 0.669. The van der Waals surface area contributed by atoms with E-state index < -0.39 is 0 Å². The Balaban J connectivity index is 1.39. The molecule has 0 radical (unpaired) electrons. The summed E-state index contributed by atoms with van der Waals surface area (Å²) in [5.41, 5.74) is 3.81. The molecule has 2 aromatic carbocycles. The fourth-order valence-electron chi connectivity index (χ4n) is 3.94. The Hall–Kier alpha value is -2.86. The maximum Gasteiger partial charge on any atom is 0.262 e. The molecule has 1 aliphatic rings. The number of amides is 1. The van der Waals surface area contributed by atoms with E-state index in [-0.39, 0.29) is 12.5 Å². The molecule has 1 N–H and O–H groups in total. The molecule has 3 aromatic rings. The molecular formula is C24H30N4O2. The SMILES string of the molecule is Cc1cccc(OCC(=O)Nc2ccc3c(c2)nc(CN2CCC(C)CC2)n3C)c1. The zero-order valence-electron chi connectivity index (χ0n) is 18.0. The minimum atomic E-state index is -0.186. The van der Waals surface area contributed by atoms with Gasteiger partial charge in [-0.1, -0.05) is 19.1 Å². The Kier molecular flexibility index (Phi) is 6.04. The maximum atomic E-state index is 12.3. The fraction of sp³-hybridized carbons (Fsp3) is 0.417. The van der Waals surface area contributed by atoms with Gasteiger partial charge in [-0.15, -0.1) is 0 Å². The van der Waals surface area contributed by atoms with Crippen LogP contribution >= 0.6 is 0 Å². The van der Waals surface area contributed by atoms with Crippen molar-refractivity contribution in [1.29, 1.82) is 0 Å². The second-order valence-electron chi connectivity index (χ2n) is 8.40. The normalized spacial score (nSPS) is 15.4. The molecule has 1 amide bonds. The predicted molar refractivity (Wildman–Crippen MR) is 120 cm³/mol. The lowest BCUT2D eigenvalue weighted by Gasteiger charge is -2.29. The van der Waals surface area contributed by atoms with Crippen LogP contribution in [0.2, 0.25) is 0 Å². The van der Waals surface area contributed by atoms with Crippen molar-refractivity contribution in [3.63, 3.8) is 0 Å². The molecule has 0 saturated carbocycles. The lowest BCUT2D eigenvalue weighted by Crippen LogP contribution is -2.33. The summed E-state index contributed by atoms with van der Waals surface area (Å²) < 4.78 is 7.74. The topological polar surface area (TPSA) is 59.4 Å². The number of anilines is 1. The van der Waals surface area contributed by atoms with E-state index in [1.807, 2.05) is 49.4 Å². The first-order valence-corrected chi connectivity index (χ1v) is 10.6. The Morgan fingerprint density at radius 3 is 2.77 bits per heavy atom. The highest BCUT2D eigenvalue weighted by Gasteiger charge is 2.18. The number of likely N-dealkylation sites (tertiary alicyclic amines) is 1. The van der Waals surface area contributed by atoms with E-state index in [0.29, 0.717) is 5.75 Å². The fourth-order valence-corrected chi connectivity index (χ4v) is 3.94. The summed E-state index contributed by atoms with van der Waals surface area (Å²) >= 11 is 0. The van der Waals surface area contributed by atoms with E-state index in [9.17, 15) is 4.79 Å². The van der Waals surface area contributed by atoms with E-state index in [4.69, 9.17) is 9.72 Å². The van der Waals surface area contributed by atoms with Crippen molar-refractivity contribution in [2.45, 2.75) is 33.2 Å². The highest BCUT2D eigenvalue weighted by molar-refractivity contribution is 5.94. The number of rotatable bonds is 6. The Labute approximate surface area is 177 Å². The van der Waals surface area contributed by atoms with Crippen molar-refractivity contribution in [2.24, 2.45) is 13.0 Å². The molecule has 2 heterocycles. The third kappa shape index (κ3) is 4.82. The number of benzene rings is 2. The lowest BCUT2D eigenvalue weighted by molar-refractivity contribution is -0.118. The number of nitrogens with one attached hydrogen (secondary N) is 1. The summed E-state index contributed by atoms with van der Waals surface area (Å²) in [5, 5.41) is 2.91. The molecule has 0 aliphatic carbocycles. The summed E-state index contributed by atoms with van der Waals surface area (Å²) in [7, 11) is 2.06. The molecule has 30 heavy (non-hydrogen) atoms. The molecule has 1 aliphatic heterocycles. The first-order valence-electron chi connectivity index (χ1n) is 10.6. The van der Waals surface area contributed by atoms with Crippen LogP contribution in [0.15, 0.2) is 42.5 Å². The first-order chi connectivity index (χ1) is 14.5. The van der Waals surface area contributed by atoms with Gasteiger partial charge in [-0.05, 0) is 74.7 Å². The van der Waals surface area contributed by atoms with Gasteiger partial charge in [-0.25, -0.2) is 4.98 Å². The van der Waals surface area contributed by atoms with Crippen LogP contribution < -0.4 is 10.1 Å². The molecule has 6 heteroatoms. The molecule has 0 bridgehead atoms. The first kappa shape index (κ1) is 20.4. The van der Waals surface area contributed by atoms with Gasteiger partial charge in [0.05, 0.1) is 17.6 Å². The molecule has 0 atom stereocenters. The molecular weight excluding hydrogens is 376 g/mol. The van der Waals surface area contributed by atoms with Crippen molar-refractivity contribution in [2.75, 3.05) is 25.0 Å². The average Bonchev–Trinajstić information content (AvgIpc) is 3.03. The van der Waals surface area contributed by atoms with Crippen LogP contribution in [0.5, 0.6) is 5.75 Å². The maximum absolute atomic E-state index is 12.3. The van der Waals surface area contributed by atoms with Crippen LogP contribution in [-0.2, 0) is 18.4 Å². The van der Waals surface area contributed by atoms with Crippen LogP contribution in [0.1, 0.15) is 31.2 Å². The third-order valence-electron chi connectivity index (χ3n) is 5.86. The largest absolute Gasteiger partial charge is 0.484 e. The molecule has 4 rings (SSSR count). The predicted octanol–water partition coefficient (Wildman–Crippen LogP) is 4.13. The van der Waals surface area contributed by atoms with Crippen LogP contribution in [-0.4, -0.2) is 40.1 Å². The van der Waals surface area contributed by atoms with Gasteiger partial charge in [0.1, 0.15) is 11.6 Å². The van der Waals surface area contributed by atoms with Gasteiger partial charge in [0.25, 0.3) is 5.91 Å². The smallest absolute Gasteiger partial charge is 0.262 e. The van der Waals surface area contributed by atoms with Crippen molar-refractivity contribution in [3.05, 3.63) is 53.9 Å². The summed E-state index contributed by atoms with van der Waals surface area (Å²) in [4.78, 5) is 19.6. The third-order valence-corrected chi connectivity index (χ3v) is 5.86. The Morgan fingerprint density at radius 1 is 1.20 bits per heavy atom.